The molecule has 0 radical (unpaired) electrons. The van der Waals surface area contributed by atoms with Crippen LogP contribution in [0.1, 0.15) is 36.1 Å². The van der Waals surface area contributed by atoms with Gasteiger partial charge in [0.25, 0.3) is 5.79 Å². The molecule has 37 heavy (non-hydrogen) atoms. The Balaban J connectivity index is 1.36. The smallest absolute Gasteiger partial charge is 0.295 e. The molecule has 0 aromatic heterocycles. The van der Waals surface area contributed by atoms with E-state index in [4.69, 9.17) is 9.47 Å². The monoisotopic (exact) mass is 485 g/mol. The standard InChI is InChI=1S/C34H31NO2/c1-25(2)31-21-29-15-9-10-16-32(29)36-34(31)20-19-28-17-18-30(22-33(28)37-34)35(23-26-11-5-3-6-12-26)24-27-13-7-4-8-14-27/h3-22,25H,23-24H2,1-2H3/t34-/m1/s1. The maximum Gasteiger partial charge on any atom is 0.295 e. The van der Waals surface area contributed by atoms with E-state index in [1.165, 1.54) is 11.1 Å². The van der Waals surface area contributed by atoms with Crippen LogP contribution in [-0.2, 0) is 13.1 Å². The van der Waals surface area contributed by atoms with Gasteiger partial charge in [0, 0.05) is 47.6 Å². The van der Waals surface area contributed by atoms with Crippen molar-refractivity contribution in [2.24, 2.45) is 5.92 Å². The van der Waals surface area contributed by atoms with Crippen molar-refractivity contribution in [2.75, 3.05) is 4.90 Å². The Bertz CT molecular complexity index is 1410. The van der Waals surface area contributed by atoms with E-state index < -0.39 is 5.79 Å². The van der Waals surface area contributed by atoms with E-state index in [0.717, 1.165) is 47.0 Å². The normalized spacial score (nSPS) is 17.4. The van der Waals surface area contributed by atoms with Crippen LogP contribution in [0, 0.1) is 5.92 Å². The van der Waals surface area contributed by atoms with E-state index in [2.05, 4.69) is 122 Å². The van der Waals surface area contributed by atoms with E-state index in [0.29, 0.717) is 0 Å². The molecular formula is C34H31NO2. The van der Waals surface area contributed by atoms with E-state index in [1.54, 1.807) is 0 Å². The lowest BCUT2D eigenvalue weighted by molar-refractivity contribution is -0.0472. The Hall–Kier alpha value is -4.24. The number of hydrogen-bond donors (Lipinski definition) is 0. The van der Waals surface area contributed by atoms with Gasteiger partial charge in [-0.1, -0.05) is 92.7 Å². The zero-order chi connectivity index (χ0) is 25.2. The van der Waals surface area contributed by atoms with Crippen LogP contribution in [0.5, 0.6) is 11.5 Å². The van der Waals surface area contributed by atoms with E-state index >= 15 is 0 Å². The molecule has 0 unspecified atom stereocenters. The molecule has 2 aliphatic heterocycles. The predicted octanol–water partition coefficient (Wildman–Crippen LogP) is 8.13. The number of fused-ring (bicyclic) bond motifs is 2. The third-order valence-corrected chi connectivity index (χ3v) is 7.05. The topological polar surface area (TPSA) is 21.7 Å². The molecule has 0 fully saturated rings. The Labute approximate surface area is 219 Å². The first-order valence-electron chi connectivity index (χ1n) is 12.9. The second-order valence-corrected chi connectivity index (χ2v) is 10.0. The number of benzene rings is 4. The van der Waals surface area contributed by atoms with Crippen molar-refractivity contribution >= 4 is 17.8 Å². The molecule has 3 nitrogen and oxygen atoms in total. The van der Waals surface area contributed by atoms with Crippen LogP contribution in [0.3, 0.4) is 0 Å². The number of hydrogen-bond acceptors (Lipinski definition) is 3. The van der Waals surface area contributed by atoms with Gasteiger partial charge in [-0.2, -0.15) is 0 Å². The molecule has 3 heteroatoms. The zero-order valence-corrected chi connectivity index (χ0v) is 21.3. The number of nitrogens with zero attached hydrogens (tertiary/aromatic N) is 1. The third kappa shape index (κ3) is 4.65. The summed E-state index contributed by atoms with van der Waals surface area (Å²) in [6, 6.07) is 35.9. The van der Waals surface area contributed by atoms with Crippen molar-refractivity contribution in [1.82, 2.24) is 0 Å². The highest BCUT2D eigenvalue weighted by molar-refractivity contribution is 5.71. The summed E-state index contributed by atoms with van der Waals surface area (Å²) in [7, 11) is 0. The van der Waals surface area contributed by atoms with Crippen LogP contribution >= 0.6 is 0 Å². The first-order valence-corrected chi connectivity index (χ1v) is 12.9. The Morgan fingerprint density at radius 2 is 1.30 bits per heavy atom. The van der Waals surface area contributed by atoms with Crippen LogP contribution in [-0.4, -0.2) is 5.79 Å². The highest BCUT2D eigenvalue weighted by atomic mass is 16.7. The van der Waals surface area contributed by atoms with Gasteiger partial charge in [0.2, 0.25) is 0 Å². The van der Waals surface area contributed by atoms with Crippen LogP contribution in [0.2, 0.25) is 0 Å². The van der Waals surface area contributed by atoms with Crippen LogP contribution in [0.4, 0.5) is 5.69 Å². The van der Waals surface area contributed by atoms with Crippen molar-refractivity contribution in [3.63, 3.8) is 0 Å². The fraction of sp³-hybridized carbons (Fsp3) is 0.176. The SMILES string of the molecule is CC(C)C1=Cc2ccccc2O[C@@]12C=Cc1ccc(N(Cc3ccccc3)Cc3ccccc3)cc1O2. The molecule has 0 N–H and O–H groups in total. The highest BCUT2D eigenvalue weighted by Crippen LogP contribution is 2.45. The molecule has 0 bridgehead atoms. The average molecular weight is 486 g/mol. The molecule has 0 amide bonds. The van der Waals surface area contributed by atoms with Gasteiger partial charge in [-0.3, -0.25) is 0 Å². The summed E-state index contributed by atoms with van der Waals surface area (Å²) in [4.78, 5) is 2.40. The second kappa shape index (κ2) is 9.67. The van der Waals surface area contributed by atoms with Crippen LogP contribution < -0.4 is 14.4 Å². The molecule has 4 aromatic carbocycles. The summed E-state index contributed by atoms with van der Waals surface area (Å²) in [6.45, 7) is 5.98. The summed E-state index contributed by atoms with van der Waals surface area (Å²) in [6.07, 6.45) is 6.41. The summed E-state index contributed by atoms with van der Waals surface area (Å²) in [5, 5.41) is 0. The van der Waals surface area contributed by atoms with Crippen molar-refractivity contribution in [3.8, 4) is 11.5 Å². The van der Waals surface area contributed by atoms with Crippen molar-refractivity contribution in [1.29, 1.82) is 0 Å². The fourth-order valence-electron chi connectivity index (χ4n) is 5.15. The lowest BCUT2D eigenvalue weighted by atomic mass is 9.88. The maximum absolute atomic E-state index is 6.78. The maximum atomic E-state index is 6.78. The minimum absolute atomic E-state index is 0.260. The molecule has 1 atom stereocenters. The Kier molecular flexibility index (Phi) is 6.05. The molecule has 2 heterocycles. The fourth-order valence-corrected chi connectivity index (χ4v) is 5.15. The summed E-state index contributed by atoms with van der Waals surface area (Å²) < 4.78 is 13.4. The molecule has 0 saturated carbocycles. The minimum atomic E-state index is -0.947. The van der Waals surface area contributed by atoms with Gasteiger partial charge in [-0.25, -0.2) is 0 Å². The number of anilines is 1. The first kappa shape index (κ1) is 23.2. The van der Waals surface area contributed by atoms with E-state index in [1.807, 2.05) is 18.2 Å². The zero-order valence-electron chi connectivity index (χ0n) is 21.3. The number of rotatable bonds is 6. The summed E-state index contributed by atoms with van der Waals surface area (Å²) in [5.74, 6) is 0.982. The molecule has 184 valence electrons. The Morgan fingerprint density at radius 3 is 1.97 bits per heavy atom. The van der Waals surface area contributed by atoms with E-state index in [9.17, 15) is 0 Å². The van der Waals surface area contributed by atoms with Crippen molar-refractivity contribution < 1.29 is 9.47 Å². The van der Waals surface area contributed by atoms with Crippen LogP contribution in [0.15, 0.2) is 115 Å². The van der Waals surface area contributed by atoms with Gasteiger partial charge < -0.3 is 14.4 Å². The molecule has 1 spiro atoms. The van der Waals surface area contributed by atoms with Crippen LogP contribution in [0.25, 0.3) is 12.2 Å². The van der Waals surface area contributed by atoms with Crippen molar-refractivity contribution in [2.45, 2.75) is 32.7 Å². The van der Waals surface area contributed by atoms with Crippen molar-refractivity contribution in [3.05, 3.63) is 137 Å². The van der Waals surface area contributed by atoms with E-state index in [-0.39, 0.29) is 5.92 Å². The quantitative estimate of drug-likeness (QED) is 0.275. The first-order chi connectivity index (χ1) is 18.1. The van der Waals surface area contributed by atoms with Gasteiger partial charge in [0.15, 0.2) is 0 Å². The molecule has 4 aromatic rings. The lowest BCUT2D eigenvalue weighted by Crippen LogP contribution is -2.46. The average Bonchev–Trinajstić information content (AvgIpc) is 2.93. The minimum Gasteiger partial charge on any atom is -0.444 e. The van der Waals surface area contributed by atoms with Gasteiger partial charge in [0.05, 0.1) is 0 Å². The molecule has 2 aliphatic rings. The highest BCUT2D eigenvalue weighted by Gasteiger charge is 2.43. The molecular weight excluding hydrogens is 454 g/mol. The third-order valence-electron chi connectivity index (χ3n) is 7.05. The summed E-state index contributed by atoms with van der Waals surface area (Å²) >= 11 is 0. The van der Waals surface area contributed by atoms with Gasteiger partial charge in [-0.05, 0) is 47.4 Å². The van der Waals surface area contributed by atoms with Gasteiger partial charge >= 0.3 is 0 Å². The van der Waals surface area contributed by atoms with Gasteiger partial charge in [-0.15, -0.1) is 0 Å². The largest absolute Gasteiger partial charge is 0.444 e. The summed E-state index contributed by atoms with van der Waals surface area (Å²) in [5.41, 5.74) is 6.91. The Morgan fingerprint density at radius 1 is 0.676 bits per heavy atom. The lowest BCUT2D eigenvalue weighted by Gasteiger charge is -2.41. The number of para-hydroxylation sites is 1. The molecule has 0 saturated heterocycles. The predicted molar refractivity (Wildman–Crippen MR) is 151 cm³/mol. The van der Waals surface area contributed by atoms with Gasteiger partial charge in [0.1, 0.15) is 11.5 Å². The number of ether oxygens (including phenoxy) is 2. The molecule has 6 rings (SSSR count). The molecule has 0 aliphatic carbocycles. The second-order valence-electron chi connectivity index (χ2n) is 10.0.